The maximum Gasteiger partial charge on any atom is 0.0423 e. The molecule has 0 aliphatic heterocycles. The summed E-state index contributed by atoms with van der Waals surface area (Å²) >= 11 is 11.8. The maximum absolute atomic E-state index is 5.91. The van der Waals surface area contributed by atoms with Gasteiger partial charge in [0.15, 0.2) is 0 Å². The first-order valence-electron chi connectivity index (χ1n) is 4.49. The molecule has 0 fully saturated rings. The molecule has 0 saturated heterocycles. The lowest BCUT2D eigenvalue weighted by atomic mass is 9.98. The third-order valence-corrected chi connectivity index (χ3v) is 2.48. The summed E-state index contributed by atoms with van der Waals surface area (Å²) in [6, 6.07) is 5.62. The molecule has 0 spiro atoms. The van der Waals surface area contributed by atoms with Gasteiger partial charge in [0.25, 0.3) is 0 Å². The Bertz CT molecular complexity index is 351. The van der Waals surface area contributed by atoms with E-state index in [4.69, 9.17) is 23.2 Å². The molecule has 74 valence electrons. The Kier molecular flexibility index (Phi) is 4.32. The predicted octanol–water partition coefficient (Wildman–Crippen LogP) is 4.51. The minimum absolute atomic E-state index is 0.374. The Morgan fingerprint density at radius 3 is 2.29 bits per heavy atom. The van der Waals surface area contributed by atoms with Crippen molar-refractivity contribution in [1.29, 1.82) is 0 Å². The van der Waals surface area contributed by atoms with Crippen LogP contribution in [-0.4, -0.2) is 0 Å². The van der Waals surface area contributed by atoms with E-state index in [0.29, 0.717) is 16.0 Å². The highest BCUT2D eigenvalue weighted by Gasteiger charge is 2.05. The van der Waals surface area contributed by atoms with Crippen molar-refractivity contribution in [1.82, 2.24) is 0 Å². The number of halogens is 2. The summed E-state index contributed by atoms with van der Waals surface area (Å²) in [5.74, 6) is 6.30. The second-order valence-corrected chi connectivity index (χ2v) is 4.11. The molecule has 0 aromatic heterocycles. The molecule has 1 unspecified atom stereocenters. The number of hydrogen-bond donors (Lipinski definition) is 0. The summed E-state index contributed by atoms with van der Waals surface area (Å²) in [7, 11) is 0. The van der Waals surface area contributed by atoms with Crippen LogP contribution in [-0.2, 0) is 0 Å². The van der Waals surface area contributed by atoms with Crippen LogP contribution in [0.2, 0.25) is 10.0 Å². The largest absolute Gasteiger partial charge is 0.107 e. The third kappa shape index (κ3) is 3.25. The van der Waals surface area contributed by atoms with Gasteiger partial charge in [0.2, 0.25) is 0 Å². The minimum Gasteiger partial charge on any atom is -0.107 e. The van der Waals surface area contributed by atoms with Crippen molar-refractivity contribution in [3.63, 3.8) is 0 Å². The summed E-state index contributed by atoms with van der Waals surface area (Å²) in [5, 5.41) is 1.37. The Hall–Kier alpha value is -0.640. The normalized spacial score (nSPS) is 11.7. The van der Waals surface area contributed by atoms with Crippen molar-refractivity contribution < 1.29 is 0 Å². The number of benzene rings is 1. The minimum atomic E-state index is 0.374. The van der Waals surface area contributed by atoms with Gasteiger partial charge in [-0.15, -0.1) is 11.8 Å². The summed E-state index contributed by atoms with van der Waals surface area (Å²) in [5.41, 5.74) is 1.14. The molecule has 0 bridgehead atoms. The van der Waals surface area contributed by atoms with E-state index in [0.717, 1.165) is 12.0 Å². The molecule has 0 aliphatic rings. The van der Waals surface area contributed by atoms with Crippen LogP contribution in [0.15, 0.2) is 18.2 Å². The Labute approximate surface area is 95.2 Å². The second-order valence-electron chi connectivity index (χ2n) is 3.23. The highest BCUT2D eigenvalue weighted by Crippen LogP contribution is 2.26. The van der Waals surface area contributed by atoms with Gasteiger partial charge in [-0.25, -0.2) is 0 Å². The lowest BCUT2D eigenvalue weighted by Gasteiger charge is -2.09. The summed E-state index contributed by atoms with van der Waals surface area (Å²) in [4.78, 5) is 0. The monoisotopic (exact) mass is 226 g/mol. The van der Waals surface area contributed by atoms with Crippen molar-refractivity contribution in [2.75, 3.05) is 0 Å². The molecule has 2 heteroatoms. The van der Waals surface area contributed by atoms with Gasteiger partial charge in [0.05, 0.1) is 0 Å². The zero-order chi connectivity index (χ0) is 10.6. The molecule has 0 N–H and O–H groups in total. The SMILES string of the molecule is CC#CCC(C)c1cc(Cl)cc(Cl)c1. The molecule has 1 atom stereocenters. The number of rotatable bonds is 2. The van der Waals surface area contributed by atoms with Crippen LogP contribution in [0.3, 0.4) is 0 Å². The van der Waals surface area contributed by atoms with Crippen LogP contribution in [0.4, 0.5) is 0 Å². The summed E-state index contributed by atoms with van der Waals surface area (Å²) in [6.07, 6.45) is 0.840. The van der Waals surface area contributed by atoms with E-state index in [2.05, 4.69) is 18.8 Å². The fourth-order valence-electron chi connectivity index (χ4n) is 1.23. The van der Waals surface area contributed by atoms with Gasteiger partial charge in [-0.1, -0.05) is 30.1 Å². The molecule has 1 aromatic rings. The lowest BCUT2D eigenvalue weighted by molar-refractivity contribution is 0.796. The molecule has 0 saturated carbocycles. The van der Waals surface area contributed by atoms with Crippen LogP contribution < -0.4 is 0 Å². The van der Waals surface area contributed by atoms with Gasteiger partial charge in [0.1, 0.15) is 0 Å². The van der Waals surface area contributed by atoms with Crippen molar-refractivity contribution in [2.45, 2.75) is 26.2 Å². The molecule has 14 heavy (non-hydrogen) atoms. The average Bonchev–Trinajstić information content (AvgIpc) is 2.12. The van der Waals surface area contributed by atoms with Crippen LogP contribution in [0, 0.1) is 11.8 Å². The van der Waals surface area contributed by atoms with Gasteiger partial charge < -0.3 is 0 Å². The van der Waals surface area contributed by atoms with Crippen molar-refractivity contribution in [3.05, 3.63) is 33.8 Å². The highest BCUT2D eigenvalue weighted by atomic mass is 35.5. The molecule has 0 aliphatic carbocycles. The smallest absolute Gasteiger partial charge is 0.0423 e. The Morgan fingerprint density at radius 2 is 1.79 bits per heavy atom. The first-order chi connectivity index (χ1) is 6.63. The maximum atomic E-state index is 5.91. The average molecular weight is 227 g/mol. The van der Waals surface area contributed by atoms with E-state index in [-0.39, 0.29) is 0 Å². The van der Waals surface area contributed by atoms with Crippen LogP contribution in [0.5, 0.6) is 0 Å². The van der Waals surface area contributed by atoms with Gasteiger partial charge >= 0.3 is 0 Å². The molecule has 1 rings (SSSR count). The van der Waals surface area contributed by atoms with E-state index in [1.54, 1.807) is 6.07 Å². The summed E-state index contributed by atoms with van der Waals surface area (Å²) in [6.45, 7) is 3.96. The van der Waals surface area contributed by atoms with Crippen LogP contribution in [0.1, 0.15) is 31.7 Å². The van der Waals surface area contributed by atoms with E-state index >= 15 is 0 Å². The third-order valence-electron chi connectivity index (χ3n) is 2.04. The van der Waals surface area contributed by atoms with Crippen LogP contribution >= 0.6 is 23.2 Å². The first-order valence-corrected chi connectivity index (χ1v) is 5.24. The molecule has 0 amide bonds. The van der Waals surface area contributed by atoms with Crippen molar-refractivity contribution >= 4 is 23.2 Å². The predicted molar refractivity (Wildman–Crippen MR) is 62.9 cm³/mol. The van der Waals surface area contributed by atoms with Crippen molar-refractivity contribution in [2.24, 2.45) is 0 Å². The molecular formula is C12H12Cl2. The standard InChI is InChI=1S/C12H12Cl2/c1-3-4-5-9(2)10-6-11(13)8-12(14)7-10/h6-9H,5H2,1-2H3. The number of hydrogen-bond acceptors (Lipinski definition) is 0. The van der Waals surface area contributed by atoms with Crippen LogP contribution in [0.25, 0.3) is 0 Å². The van der Waals surface area contributed by atoms with E-state index < -0.39 is 0 Å². The van der Waals surface area contributed by atoms with E-state index in [1.165, 1.54) is 0 Å². The fourth-order valence-corrected chi connectivity index (χ4v) is 1.78. The molecule has 0 nitrogen and oxygen atoms in total. The van der Waals surface area contributed by atoms with Gasteiger partial charge in [-0.05, 0) is 36.6 Å². The van der Waals surface area contributed by atoms with Gasteiger partial charge in [-0.2, -0.15) is 0 Å². The van der Waals surface area contributed by atoms with E-state index in [9.17, 15) is 0 Å². The highest BCUT2D eigenvalue weighted by molar-refractivity contribution is 6.34. The second kappa shape index (κ2) is 5.29. The fraction of sp³-hybridized carbons (Fsp3) is 0.333. The molecule has 0 heterocycles. The Balaban J connectivity index is 2.87. The van der Waals surface area contributed by atoms with E-state index in [1.807, 2.05) is 19.1 Å². The summed E-state index contributed by atoms with van der Waals surface area (Å²) < 4.78 is 0. The lowest BCUT2D eigenvalue weighted by Crippen LogP contribution is -1.91. The topological polar surface area (TPSA) is 0 Å². The molecule has 0 radical (unpaired) electrons. The van der Waals surface area contributed by atoms with Gasteiger partial charge in [-0.3, -0.25) is 0 Å². The quantitative estimate of drug-likeness (QED) is 0.652. The van der Waals surface area contributed by atoms with Crippen molar-refractivity contribution in [3.8, 4) is 11.8 Å². The Morgan fingerprint density at radius 1 is 1.21 bits per heavy atom. The zero-order valence-electron chi connectivity index (χ0n) is 8.27. The van der Waals surface area contributed by atoms with Gasteiger partial charge in [0, 0.05) is 16.5 Å². The first kappa shape index (κ1) is 11.4. The molecular weight excluding hydrogens is 215 g/mol. The zero-order valence-corrected chi connectivity index (χ0v) is 9.78. The molecule has 1 aromatic carbocycles.